The number of imide groups is 1. The summed E-state index contributed by atoms with van der Waals surface area (Å²) in [4.78, 5) is 23.5. The fourth-order valence-electron chi connectivity index (χ4n) is 2.34. The molecule has 2 N–H and O–H groups in total. The second kappa shape index (κ2) is 7.29. The lowest BCUT2D eigenvalue weighted by Crippen LogP contribution is -2.40. The van der Waals surface area contributed by atoms with Gasteiger partial charge in [0.05, 0.1) is 22.8 Å². The first kappa shape index (κ1) is 20.3. The maximum atomic E-state index is 14.1. The van der Waals surface area contributed by atoms with Crippen molar-refractivity contribution in [3.63, 3.8) is 0 Å². The van der Waals surface area contributed by atoms with Gasteiger partial charge in [0.15, 0.2) is 0 Å². The number of likely N-dealkylation sites (tertiary alicyclic amines) is 1. The van der Waals surface area contributed by atoms with Crippen LogP contribution in [0.4, 0.5) is 10.1 Å². The Morgan fingerprint density at radius 2 is 1.88 bits per heavy atom. The molecular formula is C14H18FN3O6S2. The Bertz CT molecular complexity index is 945. The normalized spacial score (nSPS) is 18.4. The molecule has 2 rings (SSSR count). The van der Waals surface area contributed by atoms with E-state index in [9.17, 15) is 30.8 Å². The van der Waals surface area contributed by atoms with E-state index in [1.165, 1.54) is 7.05 Å². The van der Waals surface area contributed by atoms with Crippen LogP contribution in [-0.2, 0) is 29.6 Å². The number of carbonyl (C=O) groups is 2. The summed E-state index contributed by atoms with van der Waals surface area (Å²) in [6, 6.07) is 1.35. The molecule has 0 spiro atoms. The highest BCUT2D eigenvalue weighted by Crippen LogP contribution is 2.21. The van der Waals surface area contributed by atoms with Gasteiger partial charge in [-0.2, -0.15) is 4.72 Å². The first-order valence-corrected chi connectivity index (χ1v) is 10.7. The Balaban J connectivity index is 2.22. The Morgan fingerprint density at radius 1 is 1.23 bits per heavy atom. The standard InChI is InChI=1S/C14H18FN3O6S2/c1-3-6-25(21,22)16-11-5-4-9(7-10(11)15)26(23,24)17-12-8-13(19)18(2)14(12)20/h4-5,7,12,16-17H,3,6,8H2,1-2H3. The van der Waals surface area contributed by atoms with E-state index < -0.39 is 48.6 Å². The summed E-state index contributed by atoms with van der Waals surface area (Å²) < 4.78 is 66.2. The molecule has 144 valence electrons. The highest BCUT2D eigenvalue weighted by atomic mass is 32.2. The van der Waals surface area contributed by atoms with Gasteiger partial charge in [0, 0.05) is 7.05 Å². The summed E-state index contributed by atoms with van der Waals surface area (Å²) in [5.74, 6) is -2.53. The lowest BCUT2D eigenvalue weighted by atomic mass is 10.3. The highest BCUT2D eigenvalue weighted by Gasteiger charge is 2.38. The second-order valence-electron chi connectivity index (χ2n) is 5.73. The summed E-state index contributed by atoms with van der Waals surface area (Å²) in [5.41, 5.74) is -0.385. The number of carbonyl (C=O) groups excluding carboxylic acids is 2. The van der Waals surface area contributed by atoms with Gasteiger partial charge in [0.2, 0.25) is 31.9 Å². The average Bonchev–Trinajstić information content (AvgIpc) is 2.75. The molecule has 26 heavy (non-hydrogen) atoms. The minimum atomic E-state index is -4.28. The van der Waals surface area contributed by atoms with Crippen LogP contribution in [0.2, 0.25) is 0 Å². The second-order valence-corrected chi connectivity index (χ2v) is 9.29. The number of hydrogen-bond acceptors (Lipinski definition) is 6. The van der Waals surface area contributed by atoms with Crippen molar-refractivity contribution in [3.8, 4) is 0 Å². The molecule has 0 aromatic heterocycles. The van der Waals surface area contributed by atoms with E-state index in [1.54, 1.807) is 6.92 Å². The first-order valence-electron chi connectivity index (χ1n) is 7.59. The Hall–Kier alpha value is -2.05. The zero-order valence-corrected chi connectivity index (χ0v) is 15.7. The highest BCUT2D eigenvalue weighted by molar-refractivity contribution is 7.92. The zero-order chi connectivity index (χ0) is 19.7. The number of halogens is 1. The summed E-state index contributed by atoms with van der Waals surface area (Å²) in [6.07, 6.45) is 0.00185. The lowest BCUT2D eigenvalue weighted by Gasteiger charge is -2.13. The number of nitrogens with one attached hydrogen (secondary N) is 2. The van der Waals surface area contributed by atoms with E-state index >= 15 is 0 Å². The number of sulfonamides is 2. The SMILES string of the molecule is CCCS(=O)(=O)Nc1ccc(S(=O)(=O)NC2CC(=O)N(C)C2=O)cc1F. The molecule has 9 nitrogen and oxygen atoms in total. The van der Waals surface area contributed by atoms with E-state index in [-0.39, 0.29) is 17.9 Å². The van der Waals surface area contributed by atoms with E-state index in [2.05, 4.69) is 4.72 Å². The first-order chi connectivity index (χ1) is 12.0. The maximum Gasteiger partial charge on any atom is 0.247 e. The van der Waals surface area contributed by atoms with Gasteiger partial charge in [-0.1, -0.05) is 6.92 Å². The Labute approximate surface area is 150 Å². The molecule has 1 aromatic carbocycles. The van der Waals surface area contributed by atoms with Crippen LogP contribution in [0.3, 0.4) is 0 Å². The van der Waals surface area contributed by atoms with Gasteiger partial charge < -0.3 is 0 Å². The molecule has 1 unspecified atom stereocenters. The quantitative estimate of drug-likeness (QED) is 0.613. The molecule has 1 aliphatic heterocycles. The third-order valence-electron chi connectivity index (χ3n) is 3.67. The van der Waals surface area contributed by atoms with Gasteiger partial charge in [-0.3, -0.25) is 19.2 Å². The van der Waals surface area contributed by atoms with Gasteiger partial charge in [0.25, 0.3) is 0 Å². The van der Waals surface area contributed by atoms with Crippen LogP contribution in [-0.4, -0.2) is 52.4 Å². The number of nitrogens with zero attached hydrogens (tertiary/aromatic N) is 1. The molecule has 0 aliphatic carbocycles. The zero-order valence-electron chi connectivity index (χ0n) is 14.0. The predicted octanol–water partition coefficient (Wildman–Crippen LogP) is 0.0130. The number of likely N-dealkylation sites (N-methyl/N-ethyl adjacent to an activating group) is 1. The van der Waals surface area contributed by atoms with Crippen LogP contribution in [0.25, 0.3) is 0 Å². The fraction of sp³-hybridized carbons (Fsp3) is 0.429. The van der Waals surface area contributed by atoms with Crippen molar-refractivity contribution in [2.45, 2.75) is 30.7 Å². The van der Waals surface area contributed by atoms with Gasteiger partial charge in [-0.25, -0.2) is 21.2 Å². The van der Waals surface area contributed by atoms with E-state index in [0.29, 0.717) is 12.5 Å². The third kappa shape index (κ3) is 4.37. The van der Waals surface area contributed by atoms with E-state index in [4.69, 9.17) is 0 Å². The summed E-state index contributed by atoms with van der Waals surface area (Å²) in [6.45, 7) is 1.64. The van der Waals surface area contributed by atoms with Crippen LogP contribution >= 0.6 is 0 Å². The van der Waals surface area contributed by atoms with Crippen molar-refractivity contribution in [1.82, 2.24) is 9.62 Å². The van der Waals surface area contributed by atoms with Crippen LogP contribution in [0.5, 0.6) is 0 Å². The van der Waals surface area contributed by atoms with Crippen molar-refractivity contribution < 1.29 is 30.8 Å². The van der Waals surface area contributed by atoms with E-state index in [0.717, 1.165) is 17.0 Å². The number of anilines is 1. The fourth-order valence-corrected chi connectivity index (χ4v) is 4.68. The molecule has 1 saturated heterocycles. The lowest BCUT2D eigenvalue weighted by molar-refractivity contribution is -0.137. The Morgan fingerprint density at radius 3 is 2.38 bits per heavy atom. The predicted molar refractivity (Wildman–Crippen MR) is 90.6 cm³/mol. The molecule has 2 amide bonds. The minimum absolute atomic E-state index is 0.209. The van der Waals surface area contributed by atoms with Crippen LogP contribution < -0.4 is 9.44 Å². The minimum Gasteiger partial charge on any atom is -0.284 e. The van der Waals surface area contributed by atoms with Gasteiger partial charge in [-0.05, 0) is 24.6 Å². The summed E-state index contributed by atoms with van der Waals surface area (Å²) >= 11 is 0. The molecule has 1 aromatic rings. The summed E-state index contributed by atoms with van der Waals surface area (Å²) in [5, 5.41) is 0. The van der Waals surface area contributed by atoms with Crippen molar-refractivity contribution in [3.05, 3.63) is 24.0 Å². The molecule has 1 heterocycles. The van der Waals surface area contributed by atoms with Gasteiger partial charge >= 0.3 is 0 Å². The van der Waals surface area contributed by atoms with Gasteiger partial charge in [-0.15, -0.1) is 0 Å². The number of hydrogen-bond donors (Lipinski definition) is 2. The summed E-state index contributed by atoms with van der Waals surface area (Å²) in [7, 11) is -6.79. The molecule has 0 saturated carbocycles. The average molecular weight is 407 g/mol. The molecule has 1 fully saturated rings. The van der Waals surface area contributed by atoms with Crippen LogP contribution in [0.1, 0.15) is 19.8 Å². The third-order valence-corrected chi connectivity index (χ3v) is 6.61. The number of benzene rings is 1. The smallest absolute Gasteiger partial charge is 0.247 e. The topological polar surface area (TPSA) is 130 Å². The molecule has 0 bridgehead atoms. The number of amides is 2. The maximum absolute atomic E-state index is 14.1. The van der Waals surface area contributed by atoms with E-state index in [1.807, 2.05) is 4.72 Å². The molecular weight excluding hydrogens is 389 g/mol. The van der Waals surface area contributed by atoms with Crippen molar-refractivity contribution >= 4 is 37.5 Å². The van der Waals surface area contributed by atoms with Gasteiger partial charge in [0.1, 0.15) is 11.9 Å². The van der Waals surface area contributed by atoms with Crippen LogP contribution in [0.15, 0.2) is 23.1 Å². The Kier molecular flexibility index (Phi) is 5.68. The van der Waals surface area contributed by atoms with Crippen molar-refractivity contribution in [1.29, 1.82) is 0 Å². The largest absolute Gasteiger partial charge is 0.284 e. The van der Waals surface area contributed by atoms with Crippen LogP contribution in [0, 0.1) is 5.82 Å². The number of rotatable bonds is 7. The molecule has 0 radical (unpaired) electrons. The molecule has 12 heteroatoms. The molecule has 1 aliphatic rings. The monoisotopic (exact) mass is 407 g/mol. The van der Waals surface area contributed by atoms with Crippen molar-refractivity contribution in [2.24, 2.45) is 0 Å². The molecule has 1 atom stereocenters. The van der Waals surface area contributed by atoms with Crippen molar-refractivity contribution in [2.75, 3.05) is 17.5 Å².